The molecule has 6 heterocycles. The Balaban J connectivity index is 1.31. The molecule has 372 valence electrons. The van der Waals surface area contributed by atoms with Crippen LogP contribution in [0.1, 0.15) is 27.7 Å². The first-order valence-corrected chi connectivity index (χ1v) is 20.6. The molecule has 0 radical (unpaired) electrons. The van der Waals surface area contributed by atoms with Crippen molar-refractivity contribution in [3.05, 3.63) is 0 Å². The predicted molar refractivity (Wildman–Crippen MR) is 194 cm³/mol. The monoisotopic (exact) mass is 940 g/mol. The first-order valence-electron chi connectivity index (χ1n) is 20.6. The molecule has 6 fully saturated rings. The number of hydrogen-bond acceptors (Lipinski definition) is 27. The number of aliphatic hydroxyl groups is 15. The fourth-order valence-corrected chi connectivity index (χ4v) is 8.20. The van der Waals surface area contributed by atoms with Gasteiger partial charge in [0.1, 0.15) is 116 Å². The van der Waals surface area contributed by atoms with E-state index < -0.39 is 197 Å². The molecule has 0 bridgehead atoms. The summed E-state index contributed by atoms with van der Waals surface area (Å²) in [5.41, 5.74) is 0. The molecule has 0 unspecified atom stereocenters. The standard InChI is InChI=1S/C36H60O28/c1-6-12(39)18(45)25(31(53)54-6)60-35-27(20(47)14(41)8(3)56-35)62-36-26(19(46)13(40)9(4)57-36)61-34-23(50)24(59-33-22(49)17(44)15(42)10(5-37)58-33)28(29(64-34)30(51)52)63-32-21(48)16(43)11(38)7(2)55-32/h6-29,31-50,53H,5H2,1-4H3,(H,51,52)/t6-,7-,8-,9-,10+,11-,12-,13-,14-,15-,16+,17-,18+,19+,20+,21+,22+,23+,24+,25+,26+,27+,28+,29-,31+,32-,33-,34-,35-,36-/m0/s1. The van der Waals surface area contributed by atoms with Gasteiger partial charge in [-0.3, -0.25) is 0 Å². The Hall–Kier alpha value is -1.57. The van der Waals surface area contributed by atoms with Crippen molar-refractivity contribution in [2.24, 2.45) is 0 Å². The van der Waals surface area contributed by atoms with Gasteiger partial charge in [-0.1, -0.05) is 0 Å². The summed E-state index contributed by atoms with van der Waals surface area (Å²) < 4.78 is 62.4. The van der Waals surface area contributed by atoms with Crippen molar-refractivity contribution in [1.82, 2.24) is 0 Å². The van der Waals surface area contributed by atoms with Crippen LogP contribution in [0.25, 0.3) is 0 Å². The highest BCUT2D eigenvalue weighted by molar-refractivity contribution is 5.73. The number of carboxylic acids is 1. The lowest BCUT2D eigenvalue weighted by Crippen LogP contribution is -2.69. The summed E-state index contributed by atoms with van der Waals surface area (Å²) in [7, 11) is 0. The number of aliphatic carboxylic acids is 1. The van der Waals surface area contributed by atoms with Crippen LogP contribution in [0.2, 0.25) is 0 Å². The van der Waals surface area contributed by atoms with Crippen LogP contribution in [0.4, 0.5) is 0 Å². The molecule has 28 heteroatoms. The summed E-state index contributed by atoms with van der Waals surface area (Å²) in [6, 6.07) is 0. The van der Waals surface area contributed by atoms with Crippen molar-refractivity contribution in [3.8, 4) is 0 Å². The smallest absolute Gasteiger partial charge is 0.335 e. The minimum atomic E-state index is -2.38. The second kappa shape index (κ2) is 21.0. The van der Waals surface area contributed by atoms with Gasteiger partial charge in [-0.05, 0) is 27.7 Å². The van der Waals surface area contributed by atoms with Gasteiger partial charge in [0, 0.05) is 0 Å². The third kappa shape index (κ3) is 10.2. The molecule has 6 saturated heterocycles. The molecule has 0 amide bonds. The molecule has 28 nitrogen and oxygen atoms in total. The van der Waals surface area contributed by atoms with Gasteiger partial charge in [0.15, 0.2) is 43.8 Å². The maximum atomic E-state index is 12.9. The summed E-state index contributed by atoms with van der Waals surface area (Å²) in [6.45, 7) is 4.26. The fourth-order valence-electron chi connectivity index (χ4n) is 8.20. The molecule has 0 aliphatic carbocycles. The topological polar surface area (TPSA) is 442 Å². The van der Waals surface area contributed by atoms with Crippen LogP contribution in [-0.2, 0) is 56.9 Å². The summed E-state index contributed by atoms with van der Waals surface area (Å²) in [6.07, 6.45) is -56.3. The lowest BCUT2D eigenvalue weighted by atomic mass is 9.95. The zero-order valence-corrected chi connectivity index (χ0v) is 34.6. The van der Waals surface area contributed by atoms with Gasteiger partial charge >= 0.3 is 5.97 Å². The van der Waals surface area contributed by atoms with Crippen molar-refractivity contribution in [2.45, 2.75) is 212 Å². The molecule has 30 atom stereocenters. The molecular weight excluding hydrogens is 880 g/mol. The molecule has 16 N–H and O–H groups in total. The van der Waals surface area contributed by atoms with E-state index >= 15 is 0 Å². The first kappa shape index (κ1) is 51.8. The van der Waals surface area contributed by atoms with Crippen LogP contribution in [0, 0.1) is 0 Å². The lowest BCUT2D eigenvalue weighted by Gasteiger charge is -2.50. The summed E-state index contributed by atoms with van der Waals surface area (Å²) >= 11 is 0. The highest BCUT2D eigenvalue weighted by Gasteiger charge is 2.59. The highest BCUT2D eigenvalue weighted by Crippen LogP contribution is 2.38. The number of aliphatic hydroxyl groups excluding tert-OH is 15. The van der Waals surface area contributed by atoms with Gasteiger partial charge < -0.3 is 134 Å². The van der Waals surface area contributed by atoms with Crippen molar-refractivity contribution < 1.29 is 139 Å². The molecule has 0 aromatic rings. The Morgan fingerprint density at radius 1 is 0.375 bits per heavy atom. The SMILES string of the molecule is C[C@@H]1O[C@@H](O[C@@H]2[C@H](O[C@@H]3O[C@H](CO)[C@H](O)[C@H](O)[C@H]3O)[C@@H](O)[C@@H](O[C@H]3[C@H](O[C@H]4[C@H](O[C@@H]5[C@H](O)[C@@H](O)[C@H](C)O[C@H]5O)O[C@@H](C)[C@H](O)[C@H]4O)O[C@@H](C)[C@H](O)[C@H]3O)O[C@@H]2C(=O)O)[C@H](O)[C@H](O)[C@H]1O. The second-order valence-electron chi connectivity index (χ2n) is 16.7. The number of hydrogen-bond donors (Lipinski definition) is 16. The normalized spacial score (nSPS) is 55.2. The number of carboxylic acid groups (broad SMARTS) is 1. The van der Waals surface area contributed by atoms with Crippen LogP contribution in [0.5, 0.6) is 0 Å². The second-order valence-corrected chi connectivity index (χ2v) is 16.7. The van der Waals surface area contributed by atoms with E-state index in [1.54, 1.807) is 0 Å². The molecule has 0 aromatic carbocycles. The summed E-state index contributed by atoms with van der Waals surface area (Å²) in [5.74, 6) is -1.89. The van der Waals surface area contributed by atoms with Crippen LogP contribution in [-0.4, -0.2) is 279 Å². The third-order valence-electron chi connectivity index (χ3n) is 12.2. The van der Waals surface area contributed by atoms with Gasteiger partial charge in [0.05, 0.1) is 31.0 Å². The molecule has 0 aromatic heterocycles. The Morgan fingerprint density at radius 3 is 1.23 bits per heavy atom. The van der Waals surface area contributed by atoms with E-state index in [0.29, 0.717) is 0 Å². The van der Waals surface area contributed by atoms with Crippen LogP contribution in [0.3, 0.4) is 0 Å². The number of carbonyl (C=O) groups is 1. The van der Waals surface area contributed by atoms with Crippen molar-refractivity contribution in [1.29, 1.82) is 0 Å². The van der Waals surface area contributed by atoms with E-state index in [1.807, 2.05) is 0 Å². The molecular formula is C36H60O28. The molecule has 6 aliphatic rings. The van der Waals surface area contributed by atoms with Crippen molar-refractivity contribution in [2.75, 3.05) is 6.61 Å². The minimum Gasteiger partial charge on any atom is -0.479 e. The Labute approximate surface area is 363 Å². The van der Waals surface area contributed by atoms with E-state index in [1.165, 1.54) is 27.7 Å². The van der Waals surface area contributed by atoms with Crippen molar-refractivity contribution in [3.63, 3.8) is 0 Å². The average Bonchev–Trinajstić information content (AvgIpc) is 3.25. The quantitative estimate of drug-likeness (QED) is 0.0864. The van der Waals surface area contributed by atoms with Gasteiger partial charge in [-0.15, -0.1) is 0 Å². The van der Waals surface area contributed by atoms with Gasteiger partial charge in [-0.2, -0.15) is 0 Å². The summed E-state index contributed by atoms with van der Waals surface area (Å²) in [5, 5.41) is 171. The number of ether oxygens (including phenoxy) is 11. The first-order chi connectivity index (χ1) is 30.0. The van der Waals surface area contributed by atoms with E-state index in [2.05, 4.69) is 0 Å². The van der Waals surface area contributed by atoms with E-state index in [-0.39, 0.29) is 0 Å². The fraction of sp³-hybridized carbons (Fsp3) is 0.972. The lowest BCUT2D eigenvalue weighted by molar-refractivity contribution is -0.410. The van der Waals surface area contributed by atoms with E-state index in [4.69, 9.17) is 52.1 Å². The molecule has 0 spiro atoms. The zero-order chi connectivity index (χ0) is 47.4. The minimum absolute atomic E-state index is 0.953. The Kier molecular flexibility index (Phi) is 17.0. The maximum absolute atomic E-state index is 12.9. The van der Waals surface area contributed by atoms with E-state index in [0.717, 1.165) is 0 Å². The largest absolute Gasteiger partial charge is 0.479 e. The van der Waals surface area contributed by atoms with Crippen LogP contribution >= 0.6 is 0 Å². The third-order valence-corrected chi connectivity index (χ3v) is 12.2. The van der Waals surface area contributed by atoms with Gasteiger partial charge in [-0.25, -0.2) is 4.79 Å². The molecule has 64 heavy (non-hydrogen) atoms. The highest BCUT2D eigenvalue weighted by atomic mass is 16.8. The van der Waals surface area contributed by atoms with Crippen LogP contribution in [0.15, 0.2) is 0 Å². The van der Waals surface area contributed by atoms with Crippen molar-refractivity contribution >= 4 is 5.97 Å². The van der Waals surface area contributed by atoms with Gasteiger partial charge in [0.25, 0.3) is 0 Å². The Morgan fingerprint density at radius 2 is 0.734 bits per heavy atom. The summed E-state index contributed by atoms with van der Waals surface area (Å²) in [4.78, 5) is 12.9. The predicted octanol–water partition coefficient (Wildman–Crippen LogP) is -9.90. The maximum Gasteiger partial charge on any atom is 0.335 e. The van der Waals surface area contributed by atoms with Gasteiger partial charge in [0.2, 0.25) is 0 Å². The molecule has 6 aliphatic heterocycles. The van der Waals surface area contributed by atoms with E-state index in [9.17, 15) is 86.5 Å². The zero-order valence-electron chi connectivity index (χ0n) is 34.6. The number of rotatable bonds is 12. The Bertz CT molecular complexity index is 1520. The molecule has 0 saturated carbocycles. The molecule has 6 rings (SSSR count). The average molecular weight is 941 g/mol. The van der Waals surface area contributed by atoms with Crippen LogP contribution < -0.4 is 0 Å².